The summed E-state index contributed by atoms with van der Waals surface area (Å²) in [5.74, 6) is -0.520. The molecule has 0 aliphatic rings. The number of carbonyl (C=O) groups excluding carboxylic acids is 1. The second-order valence-corrected chi connectivity index (χ2v) is 7.70. The highest BCUT2D eigenvalue weighted by Gasteiger charge is 2.25. The molecule has 0 N–H and O–H groups in total. The van der Waals surface area contributed by atoms with E-state index in [2.05, 4.69) is 25.9 Å². The van der Waals surface area contributed by atoms with Gasteiger partial charge in [-0.15, -0.1) is 0 Å². The number of carbonyl (C=O) groups is 1. The minimum absolute atomic E-state index is 0.210. The minimum Gasteiger partial charge on any atom is -0.317 e. The van der Waals surface area contributed by atoms with Gasteiger partial charge in [-0.25, -0.2) is 9.07 Å². The van der Waals surface area contributed by atoms with Crippen LogP contribution in [0.15, 0.2) is 66.9 Å². The van der Waals surface area contributed by atoms with Crippen molar-refractivity contribution in [3.05, 3.63) is 89.6 Å². The smallest absolute Gasteiger partial charge is 0.278 e. The third-order valence-electron chi connectivity index (χ3n) is 4.38. The SMILES string of the molecule is CN(/C=C\c1ccccc1)C(=O)c1cc(C(C)(C)C)n(-c2ccc(F)cc2)n1. The molecule has 0 saturated heterocycles. The van der Waals surface area contributed by atoms with Crippen LogP contribution in [-0.4, -0.2) is 27.6 Å². The average molecular weight is 377 g/mol. The fraction of sp³-hybridized carbons (Fsp3) is 0.217. The highest BCUT2D eigenvalue weighted by Crippen LogP contribution is 2.26. The molecule has 1 amide bonds. The summed E-state index contributed by atoms with van der Waals surface area (Å²) in [5, 5.41) is 4.52. The lowest BCUT2D eigenvalue weighted by molar-refractivity contribution is 0.0845. The van der Waals surface area contributed by atoms with Crippen LogP contribution in [0.25, 0.3) is 11.8 Å². The zero-order valence-electron chi connectivity index (χ0n) is 16.6. The fourth-order valence-corrected chi connectivity index (χ4v) is 2.81. The van der Waals surface area contributed by atoms with E-state index in [0.29, 0.717) is 11.4 Å². The lowest BCUT2D eigenvalue weighted by Crippen LogP contribution is -2.21. The standard InChI is InChI=1S/C23H24FN3O/c1-23(2,3)21-16-20(25-27(21)19-12-10-18(24)11-13-19)22(28)26(4)15-14-17-8-6-5-7-9-17/h5-16H,1-4H3/b15-14-. The molecular weight excluding hydrogens is 353 g/mol. The molecule has 3 rings (SSSR count). The van der Waals surface area contributed by atoms with Gasteiger partial charge in [-0.05, 0) is 42.0 Å². The summed E-state index contributed by atoms with van der Waals surface area (Å²) in [6.45, 7) is 6.16. The van der Waals surface area contributed by atoms with Gasteiger partial charge in [0.2, 0.25) is 0 Å². The van der Waals surface area contributed by atoms with Gasteiger partial charge >= 0.3 is 0 Å². The van der Waals surface area contributed by atoms with Crippen molar-refractivity contribution in [3.8, 4) is 5.69 Å². The number of rotatable bonds is 4. The van der Waals surface area contributed by atoms with Crippen LogP contribution in [0.5, 0.6) is 0 Å². The molecule has 0 saturated carbocycles. The van der Waals surface area contributed by atoms with Crippen LogP contribution < -0.4 is 0 Å². The van der Waals surface area contributed by atoms with Crippen LogP contribution >= 0.6 is 0 Å². The molecule has 1 aromatic heterocycles. The summed E-state index contributed by atoms with van der Waals surface area (Å²) in [6.07, 6.45) is 3.60. The zero-order valence-corrected chi connectivity index (χ0v) is 16.6. The largest absolute Gasteiger partial charge is 0.317 e. The molecule has 0 unspecified atom stereocenters. The molecule has 28 heavy (non-hydrogen) atoms. The van der Waals surface area contributed by atoms with Gasteiger partial charge in [-0.3, -0.25) is 4.79 Å². The van der Waals surface area contributed by atoms with Gasteiger partial charge in [0.05, 0.1) is 11.4 Å². The van der Waals surface area contributed by atoms with Crippen LogP contribution in [0.2, 0.25) is 0 Å². The van der Waals surface area contributed by atoms with Crippen molar-refractivity contribution in [1.29, 1.82) is 0 Å². The zero-order chi connectivity index (χ0) is 20.3. The Morgan fingerprint density at radius 1 is 1.07 bits per heavy atom. The summed E-state index contributed by atoms with van der Waals surface area (Å²) < 4.78 is 15.0. The van der Waals surface area contributed by atoms with E-state index in [-0.39, 0.29) is 17.1 Å². The van der Waals surface area contributed by atoms with Gasteiger partial charge in [0.15, 0.2) is 5.69 Å². The Labute approximate surface area is 164 Å². The Morgan fingerprint density at radius 3 is 2.32 bits per heavy atom. The molecule has 144 valence electrons. The maximum absolute atomic E-state index is 13.3. The monoisotopic (exact) mass is 377 g/mol. The predicted octanol–water partition coefficient (Wildman–Crippen LogP) is 5.05. The van der Waals surface area contributed by atoms with E-state index in [1.807, 2.05) is 36.4 Å². The lowest BCUT2D eigenvalue weighted by atomic mass is 9.91. The van der Waals surface area contributed by atoms with E-state index < -0.39 is 0 Å². The minimum atomic E-state index is -0.310. The Morgan fingerprint density at radius 2 is 1.71 bits per heavy atom. The second kappa shape index (κ2) is 7.80. The number of amides is 1. The van der Waals surface area contributed by atoms with E-state index in [1.54, 1.807) is 36.1 Å². The Kier molecular flexibility index (Phi) is 5.45. The number of nitrogens with zero attached hydrogens (tertiary/aromatic N) is 3. The van der Waals surface area contributed by atoms with Gasteiger partial charge < -0.3 is 4.90 Å². The number of halogens is 1. The second-order valence-electron chi connectivity index (χ2n) is 7.70. The van der Waals surface area contributed by atoms with Crippen molar-refractivity contribution >= 4 is 12.0 Å². The number of hydrogen-bond donors (Lipinski definition) is 0. The van der Waals surface area contributed by atoms with Gasteiger partial charge in [-0.1, -0.05) is 51.1 Å². The maximum Gasteiger partial charge on any atom is 0.278 e. The van der Waals surface area contributed by atoms with Gasteiger partial charge in [-0.2, -0.15) is 5.10 Å². The van der Waals surface area contributed by atoms with Crippen molar-refractivity contribution in [3.63, 3.8) is 0 Å². The Bertz CT molecular complexity index is 983. The molecule has 1 heterocycles. The molecule has 0 spiro atoms. The molecule has 4 nitrogen and oxygen atoms in total. The van der Waals surface area contributed by atoms with Crippen LogP contribution in [0.1, 0.15) is 42.5 Å². The summed E-state index contributed by atoms with van der Waals surface area (Å²) in [5.41, 5.74) is 2.71. The van der Waals surface area contributed by atoms with E-state index in [1.165, 1.54) is 17.0 Å². The van der Waals surface area contributed by atoms with E-state index >= 15 is 0 Å². The molecule has 5 heteroatoms. The fourth-order valence-electron chi connectivity index (χ4n) is 2.81. The highest BCUT2D eigenvalue weighted by molar-refractivity contribution is 5.93. The molecule has 0 fully saturated rings. The van der Waals surface area contributed by atoms with Gasteiger partial charge in [0, 0.05) is 18.7 Å². The first kappa shape index (κ1) is 19.5. The first-order valence-electron chi connectivity index (χ1n) is 9.12. The van der Waals surface area contributed by atoms with Crippen molar-refractivity contribution in [2.24, 2.45) is 0 Å². The van der Waals surface area contributed by atoms with Crippen LogP contribution in [-0.2, 0) is 5.41 Å². The molecule has 3 aromatic rings. The Balaban J connectivity index is 1.92. The van der Waals surface area contributed by atoms with Gasteiger partial charge in [0.25, 0.3) is 5.91 Å². The molecular formula is C23H24FN3O. The topological polar surface area (TPSA) is 38.1 Å². The molecule has 2 aromatic carbocycles. The summed E-state index contributed by atoms with van der Waals surface area (Å²) >= 11 is 0. The normalized spacial score (nSPS) is 11.8. The number of aromatic nitrogens is 2. The number of benzene rings is 2. The van der Waals surface area contributed by atoms with Crippen LogP contribution in [0, 0.1) is 5.82 Å². The van der Waals surface area contributed by atoms with Crippen molar-refractivity contribution in [2.75, 3.05) is 7.05 Å². The summed E-state index contributed by atoms with van der Waals surface area (Å²) in [6, 6.07) is 17.7. The predicted molar refractivity (Wildman–Crippen MR) is 110 cm³/mol. The third-order valence-corrected chi connectivity index (χ3v) is 4.38. The molecule has 0 atom stereocenters. The molecule has 0 bridgehead atoms. The van der Waals surface area contributed by atoms with E-state index in [9.17, 15) is 9.18 Å². The average Bonchev–Trinajstić information content (AvgIpc) is 3.13. The van der Waals surface area contributed by atoms with Gasteiger partial charge in [0.1, 0.15) is 5.82 Å². The highest BCUT2D eigenvalue weighted by atomic mass is 19.1. The summed E-state index contributed by atoms with van der Waals surface area (Å²) in [7, 11) is 1.70. The molecule has 0 aliphatic heterocycles. The first-order valence-corrected chi connectivity index (χ1v) is 9.12. The maximum atomic E-state index is 13.3. The first-order chi connectivity index (χ1) is 13.3. The van der Waals surface area contributed by atoms with Crippen molar-refractivity contribution < 1.29 is 9.18 Å². The van der Waals surface area contributed by atoms with E-state index in [4.69, 9.17) is 0 Å². The lowest BCUT2D eigenvalue weighted by Gasteiger charge is -2.20. The summed E-state index contributed by atoms with van der Waals surface area (Å²) in [4.78, 5) is 14.4. The Hall–Kier alpha value is -3.21. The van der Waals surface area contributed by atoms with Crippen molar-refractivity contribution in [1.82, 2.24) is 14.7 Å². The number of hydrogen-bond acceptors (Lipinski definition) is 2. The quantitative estimate of drug-likeness (QED) is 0.638. The van der Waals surface area contributed by atoms with Crippen LogP contribution in [0.3, 0.4) is 0 Å². The molecule has 0 radical (unpaired) electrons. The van der Waals surface area contributed by atoms with Crippen LogP contribution in [0.4, 0.5) is 4.39 Å². The molecule has 0 aliphatic carbocycles. The third kappa shape index (κ3) is 4.36. The van der Waals surface area contributed by atoms with Crippen molar-refractivity contribution in [2.45, 2.75) is 26.2 Å². The van der Waals surface area contributed by atoms with E-state index in [0.717, 1.165) is 11.3 Å².